The molecule has 0 aliphatic rings. The van der Waals surface area contributed by atoms with Crippen LogP contribution in [0.3, 0.4) is 0 Å². The molecule has 0 spiro atoms. The number of hydrogen-bond donors (Lipinski definition) is 5. The lowest BCUT2D eigenvalue weighted by Crippen LogP contribution is -2.35. The number of aromatic amines is 1. The van der Waals surface area contributed by atoms with E-state index in [9.17, 15) is 13.7 Å². The number of nitriles is 1. The van der Waals surface area contributed by atoms with Gasteiger partial charge in [0, 0.05) is 40.7 Å². The number of pyridine rings is 1. The van der Waals surface area contributed by atoms with Gasteiger partial charge in [-0.2, -0.15) is 5.26 Å². The zero-order valence-electron chi connectivity index (χ0n) is 18.1. The average Bonchev–Trinajstić information content (AvgIpc) is 3.29. The smallest absolute Gasteiger partial charge is 0.264 e. The molecule has 0 radical (unpaired) electrons. The number of H-pyrrole nitrogens is 1. The maximum absolute atomic E-state index is 12.1. The quantitative estimate of drug-likeness (QED) is 0.212. The van der Waals surface area contributed by atoms with Crippen molar-refractivity contribution in [2.75, 3.05) is 5.32 Å². The monoisotopic (exact) mass is 471 g/mol. The lowest BCUT2D eigenvalue weighted by atomic mass is 10.1. The summed E-state index contributed by atoms with van der Waals surface area (Å²) in [6.45, 7) is 2.01. The topological polar surface area (TPSA) is 161 Å². The van der Waals surface area contributed by atoms with Crippen LogP contribution in [0.15, 0.2) is 66.0 Å². The van der Waals surface area contributed by atoms with E-state index in [0.717, 1.165) is 27.7 Å². The highest BCUT2D eigenvalue weighted by molar-refractivity contribution is 7.90. The van der Waals surface area contributed by atoms with Crippen LogP contribution in [-0.4, -0.2) is 24.3 Å². The second kappa shape index (κ2) is 9.09. The van der Waals surface area contributed by atoms with E-state index >= 15 is 0 Å². The molecule has 6 N–H and O–H groups in total. The van der Waals surface area contributed by atoms with Gasteiger partial charge in [-0.3, -0.25) is 10.4 Å². The fourth-order valence-electron chi connectivity index (χ4n) is 3.53. The normalized spacial score (nSPS) is 11.4. The molecule has 0 aliphatic carbocycles. The number of nitrogens with zero attached hydrogens (tertiary/aromatic N) is 2. The summed E-state index contributed by atoms with van der Waals surface area (Å²) in [6, 6.07) is 14.2. The number of nitrogens with one attached hydrogen (secondary N) is 4. The molecule has 34 heavy (non-hydrogen) atoms. The molecule has 0 aliphatic heterocycles. The highest BCUT2D eigenvalue weighted by atomic mass is 32.2. The number of benzene rings is 2. The summed E-state index contributed by atoms with van der Waals surface area (Å²) in [7, 11) is -3.89. The Morgan fingerprint density at radius 2 is 1.91 bits per heavy atom. The van der Waals surface area contributed by atoms with E-state index in [1.54, 1.807) is 30.5 Å². The summed E-state index contributed by atoms with van der Waals surface area (Å²) >= 11 is 0. The van der Waals surface area contributed by atoms with Crippen molar-refractivity contribution in [3.05, 3.63) is 83.3 Å². The van der Waals surface area contributed by atoms with E-state index in [1.165, 1.54) is 18.3 Å². The molecule has 0 saturated carbocycles. The van der Waals surface area contributed by atoms with Crippen LogP contribution < -0.4 is 15.8 Å². The molecule has 0 unspecified atom stereocenters. The van der Waals surface area contributed by atoms with Crippen molar-refractivity contribution in [1.82, 2.24) is 14.7 Å². The summed E-state index contributed by atoms with van der Waals surface area (Å²) < 4.78 is 26.2. The summed E-state index contributed by atoms with van der Waals surface area (Å²) in [5, 5.41) is 21.2. The van der Waals surface area contributed by atoms with Gasteiger partial charge in [0.05, 0.1) is 16.1 Å². The first kappa shape index (κ1) is 22.6. The van der Waals surface area contributed by atoms with Gasteiger partial charge in [-0.05, 0) is 48.4 Å². The Kier molecular flexibility index (Phi) is 6.03. The number of fused-ring (bicyclic) bond motifs is 1. The third-order valence-corrected chi connectivity index (χ3v) is 6.63. The van der Waals surface area contributed by atoms with Crippen LogP contribution in [0.1, 0.15) is 22.3 Å². The molecule has 2 aromatic heterocycles. The standard InChI is InChI=1S/C24H21N7O2S/c1-15-20-10-11-29-22(20)9-8-21(15)30-23-17(13-28-14-18(23)12-25)5-2-16-3-6-19(7-4-16)34(32,33)31-24(26)27/h2-11,13-14,29H,1H3,(H,28,30)(H4,26,27,31)/b5-2+. The van der Waals surface area contributed by atoms with Crippen molar-refractivity contribution in [2.24, 2.45) is 5.73 Å². The van der Waals surface area contributed by atoms with Crippen LogP contribution in [-0.2, 0) is 10.0 Å². The van der Waals surface area contributed by atoms with Gasteiger partial charge >= 0.3 is 0 Å². The highest BCUT2D eigenvalue weighted by Gasteiger charge is 2.14. The molecular formula is C24H21N7O2S. The number of rotatable bonds is 6. The minimum absolute atomic E-state index is 0.00836. The SMILES string of the molecule is Cc1c(Nc2c(C#N)cncc2/C=C/c2ccc(S(=O)(=O)NC(=N)N)cc2)ccc2[nH]ccc12. The summed E-state index contributed by atoms with van der Waals surface area (Å²) in [4.78, 5) is 7.35. The Morgan fingerprint density at radius 3 is 2.62 bits per heavy atom. The molecule has 0 fully saturated rings. The van der Waals surface area contributed by atoms with E-state index in [2.05, 4.69) is 21.4 Å². The highest BCUT2D eigenvalue weighted by Crippen LogP contribution is 2.31. The van der Waals surface area contributed by atoms with Crippen molar-refractivity contribution in [3.63, 3.8) is 0 Å². The number of nitrogens with two attached hydrogens (primary N) is 1. The van der Waals surface area contributed by atoms with Crippen LogP contribution in [0.2, 0.25) is 0 Å². The molecular weight excluding hydrogens is 450 g/mol. The fraction of sp³-hybridized carbons (Fsp3) is 0.0417. The van der Waals surface area contributed by atoms with Crippen molar-refractivity contribution in [1.29, 1.82) is 10.7 Å². The Hall–Kier alpha value is -4.62. The second-order valence-electron chi connectivity index (χ2n) is 7.49. The number of aromatic nitrogens is 2. The molecule has 0 amide bonds. The third kappa shape index (κ3) is 4.60. The summed E-state index contributed by atoms with van der Waals surface area (Å²) in [5.74, 6) is -0.653. The Labute approximate surface area is 196 Å². The van der Waals surface area contributed by atoms with Crippen LogP contribution in [0.5, 0.6) is 0 Å². The van der Waals surface area contributed by atoms with E-state index in [1.807, 2.05) is 36.0 Å². The van der Waals surface area contributed by atoms with Crippen LogP contribution in [0.4, 0.5) is 11.4 Å². The molecule has 0 saturated heterocycles. The first-order valence-electron chi connectivity index (χ1n) is 10.2. The van der Waals surface area contributed by atoms with E-state index < -0.39 is 16.0 Å². The largest absolute Gasteiger partial charge is 0.369 e. The second-order valence-corrected chi connectivity index (χ2v) is 9.17. The van der Waals surface area contributed by atoms with Crippen molar-refractivity contribution < 1.29 is 8.42 Å². The molecule has 0 bridgehead atoms. The molecule has 10 heteroatoms. The number of guanidine groups is 1. The zero-order chi connectivity index (χ0) is 24.3. The molecule has 4 aromatic rings. The first-order valence-corrected chi connectivity index (χ1v) is 11.6. The van der Waals surface area contributed by atoms with E-state index in [-0.39, 0.29) is 4.90 Å². The molecule has 170 valence electrons. The lowest BCUT2D eigenvalue weighted by Gasteiger charge is -2.14. The first-order chi connectivity index (χ1) is 16.3. The number of anilines is 2. The van der Waals surface area contributed by atoms with Crippen molar-refractivity contribution in [2.45, 2.75) is 11.8 Å². The average molecular weight is 472 g/mol. The van der Waals surface area contributed by atoms with Crippen LogP contribution in [0, 0.1) is 23.7 Å². The van der Waals surface area contributed by atoms with Crippen LogP contribution >= 0.6 is 0 Å². The summed E-state index contributed by atoms with van der Waals surface area (Å²) in [5.41, 5.74) is 10.5. The molecule has 0 atom stereocenters. The third-order valence-electron chi connectivity index (χ3n) is 5.25. The predicted octanol–water partition coefficient (Wildman–Crippen LogP) is 3.83. The van der Waals surface area contributed by atoms with Gasteiger partial charge in [-0.1, -0.05) is 24.3 Å². The molecule has 2 heterocycles. The number of aryl methyl sites for hydroxylation is 1. The Balaban J connectivity index is 1.65. The maximum Gasteiger partial charge on any atom is 0.264 e. The number of sulfonamides is 1. The van der Waals surface area contributed by atoms with Crippen LogP contribution in [0.25, 0.3) is 23.1 Å². The maximum atomic E-state index is 12.1. The van der Waals surface area contributed by atoms with Crippen molar-refractivity contribution in [3.8, 4) is 6.07 Å². The zero-order valence-corrected chi connectivity index (χ0v) is 18.9. The lowest BCUT2D eigenvalue weighted by molar-refractivity contribution is 0.592. The van der Waals surface area contributed by atoms with Gasteiger partial charge in [-0.15, -0.1) is 0 Å². The minimum atomic E-state index is -3.89. The number of hydrogen-bond acceptors (Lipinski definition) is 6. The predicted molar refractivity (Wildman–Crippen MR) is 133 cm³/mol. The van der Waals surface area contributed by atoms with Gasteiger partial charge in [0.2, 0.25) is 0 Å². The Bertz CT molecular complexity index is 1560. The summed E-state index contributed by atoms with van der Waals surface area (Å²) in [6.07, 6.45) is 8.64. The Morgan fingerprint density at radius 1 is 1.15 bits per heavy atom. The van der Waals surface area contributed by atoms with E-state index in [4.69, 9.17) is 11.1 Å². The van der Waals surface area contributed by atoms with Crippen molar-refractivity contribution >= 4 is 50.4 Å². The molecule has 4 rings (SSSR count). The molecule has 2 aromatic carbocycles. The minimum Gasteiger partial charge on any atom is -0.369 e. The van der Waals surface area contributed by atoms with E-state index in [0.29, 0.717) is 16.8 Å². The molecule has 9 nitrogen and oxygen atoms in total. The van der Waals surface area contributed by atoms with Gasteiger partial charge in [0.15, 0.2) is 5.96 Å². The van der Waals surface area contributed by atoms with Gasteiger partial charge in [-0.25, -0.2) is 13.1 Å². The van der Waals surface area contributed by atoms with Gasteiger partial charge in [0.1, 0.15) is 6.07 Å². The van der Waals surface area contributed by atoms with Gasteiger partial charge in [0.25, 0.3) is 10.0 Å². The fourth-order valence-corrected chi connectivity index (χ4v) is 4.43. The van der Waals surface area contributed by atoms with Gasteiger partial charge < -0.3 is 16.0 Å².